The molecule has 7 heteroatoms. The summed E-state index contributed by atoms with van der Waals surface area (Å²) in [5.74, 6) is -0.418. The van der Waals surface area contributed by atoms with Crippen LogP contribution in [0.2, 0.25) is 0 Å². The zero-order valence-electron chi connectivity index (χ0n) is 11.3. The number of nitrogens with zero attached hydrogens (tertiary/aromatic N) is 1. The van der Waals surface area contributed by atoms with Gasteiger partial charge in [0, 0.05) is 19.1 Å². The van der Waals surface area contributed by atoms with Crippen LogP contribution >= 0.6 is 0 Å². The van der Waals surface area contributed by atoms with Crippen molar-refractivity contribution in [3.63, 3.8) is 0 Å². The Morgan fingerprint density at radius 1 is 1.26 bits per heavy atom. The smallest absolute Gasteiger partial charge is 0.322 e. The summed E-state index contributed by atoms with van der Waals surface area (Å²) in [6, 6.07) is 0.408. The van der Waals surface area contributed by atoms with E-state index in [4.69, 9.17) is 0 Å². The Labute approximate surface area is 114 Å². The number of methoxy groups -OCH3 is 1. The highest BCUT2D eigenvalue weighted by Gasteiger charge is 2.30. The molecule has 2 rings (SSSR count). The molecule has 0 bridgehead atoms. The monoisotopic (exact) mass is 290 g/mol. The van der Waals surface area contributed by atoms with Crippen molar-refractivity contribution < 1.29 is 17.9 Å². The first-order valence-corrected chi connectivity index (χ1v) is 8.40. The lowest BCUT2D eigenvalue weighted by molar-refractivity contribution is -0.137. The zero-order chi connectivity index (χ0) is 13.9. The molecule has 0 radical (unpaired) electrons. The molecule has 2 fully saturated rings. The molecule has 1 saturated heterocycles. The molecule has 0 spiro atoms. The summed E-state index contributed by atoms with van der Waals surface area (Å²) in [6.07, 6.45) is 4.26. The van der Waals surface area contributed by atoms with Gasteiger partial charge in [0.1, 0.15) is 0 Å². The Bertz CT molecular complexity index is 411. The van der Waals surface area contributed by atoms with Gasteiger partial charge in [0.2, 0.25) is 10.0 Å². The number of piperidine rings is 1. The molecular weight excluding hydrogens is 268 g/mol. The fourth-order valence-corrected chi connectivity index (χ4v) is 3.66. The molecule has 0 amide bonds. The van der Waals surface area contributed by atoms with Gasteiger partial charge >= 0.3 is 5.97 Å². The summed E-state index contributed by atoms with van der Waals surface area (Å²) in [5, 5.41) is 3.49. The maximum Gasteiger partial charge on any atom is 0.322 e. The first-order chi connectivity index (χ1) is 9.01. The second-order valence-electron chi connectivity index (χ2n) is 5.36. The number of carbonyl (C=O) groups is 1. The predicted molar refractivity (Wildman–Crippen MR) is 71.1 cm³/mol. The minimum atomic E-state index is -3.51. The number of hydrogen-bond acceptors (Lipinski definition) is 5. The average Bonchev–Trinajstić information content (AvgIpc) is 3.20. The molecule has 0 unspecified atom stereocenters. The predicted octanol–water partition coefficient (Wildman–Crippen LogP) is -0.0468. The molecule has 1 aliphatic carbocycles. The fraction of sp³-hybridized carbons (Fsp3) is 0.917. The zero-order valence-corrected chi connectivity index (χ0v) is 12.1. The van der Waals surface area contributed by atoms with E-state index in [-0.39, 0.29) is 0 Å². The minimum Gasteiger partial charge on any atom is -0.468 e. The highest BCUT2D eigenvalue weighted by Crippen LogP contribution is 2.28. The molecule has 2 aliphatic rings. The summed E-state index contributed by atoms with van der Waals surface area (Å²) < 4.78 is 29.7. The van der Waals surface area contributed by atoms with Crippen molar-refractivity contribution in [1.82, 2.24) is 9.62 Å². The molecule has 0 atom stereocenters. The number of rotatable bonds is 6. The summed E-state index contributed by atoms with van der Waals surface area (Å²) >= 11 is 0. The lowest BCUT2D eigenvalue weighted by atomic mass is 10.1. The lowest BCUT2D eigenvalue weighted by Crippen LogP contribution is -2.46. The van der Waals surface area contributed by atoms with E-state index in [0.29, 0.717) is 19.1 Å². The van der Waals surface area contributed by atoms with E-state index in [9.17, 15) is 13.2 Å². The third-order valence-corrected chi connectivity index (χ3v) is 5.52. The van der Waals surface area contributed by atoms with Gasteiger partial charge < -0.3 is 10.1 Å². The SMILES string of the molecule is COC(=O)CS(=O)(=O)N1CCC(NCC2CC2)CC1. The number of carbonyl (C=O) groups excluding carboxylic acids is 1. The maximum absolute atomic E-state index is 11.9. The number of ether oxygens (including phenoxy) is 1. The topological polar surface area (TPSA) is 75.7 Å². The van der Waals surface area contributed by atoms with Crippen molar-refractivity contribution in [3.05, 3.63) is 0 Å². The standard InChI is InChI=1S/C12H22N2O4S/c1-18-12(15)9-19(16,17)14-6-4-11(5-7-14)13-8-10-2-3-10/h10-11,13H,2-9H2,1H3. The van der Waals surface area contributed by atoms with Crippen LogP contribution in [0.15, 0.2) is 0 Å². The number of sulfonamides is 1. The molecular formula is C12H22N2O4S. The molecule has 0 aromatic carbocycles. The molecule has 19 heavy (non-hydrogen) atoms. The van der Waals surface area contributed by atoms with Crippen LogP contribution in [-0.4, -0.2) is 57.2 Å². The van der Waals surface area contributed by atoms with Crippen LogP contribution in [0, 0.1) is 5.92 Å². The van der Waals surface area contributed by atoms with Gasteiger partial charge in [-0.3, -0.25) is 4.79 Å². The highest BCUT2D eigenvalue weighted by molar-refractivity contribution is 7.89. The lowest BCUT2D eigenvalue weighted by Gasteiger charge is -2.31. The Balaban J connectivity index is 1.76. The van der Waals surface area contributed by atoms with Gasteiger partial charge in [0.05, 0.1) is 7.11 Å². The average molecular weight is 290 g/mol. The molecule has 1 N–H and O–H groups in total. The van der Waals surface area contributed by atoms with Crippen molar-refractivity contribution >= 4 is 16.0 Å². The highest BCUT2D eigenvalue weighted by atomic mass is 32.2. The number of nitrogens with one attached hydrogen (secondary N) is 1. The second-order valence-corrected chi connectivity index (χ2v) is 7.33. The van der Waals surface area contributed by atoms with E-state index in [1.165, 1.54) is 24.3 Å². The fourth-order valence-electron chi connectivity index (χ4n) is 2.29. The van der Waals surface area contributed by atoms with Gasteiger partial charge in [-0.15, -0.1) is 0 Å². The van der Waals surface area contributed by atoms with Gasteiger partial charge in [-0.05, 0) is 38.1 Å². The third-order valence-electron chi connectivity index (χ3n) is 3.77. The summed E-state index contributed by atoms with van der Waals surface area (Å²) in [6.45, 7) is 2.03. The first-order valence-electron chi connectivity index (χ1n) is 6.79. The minimum absolute atomic E-state index is 0.408. The van der Waals surface area contributed by atoms with E-state index < -0.39 is 21.7 Å². The Morgan fingerprint density at radius 3 is 2.42 bits per heavy atom. The Kier molecular flexibility index (Phi) is 4.81. The Hall–Kier alpha value is -0.660. The molecule has 1 aliphatic heterocycles. The molecule has 110 valence electrons. The third kappa shape index (κ3) is 4.43. The van der Waals surface area contributed by atoms with Crippen molar-refractivity contribution in [1.29, 1.82) is 0 Å². The molecule has 0 aromatic heterocycles. The molecule has 1 saturated carbocycles. The largest absolute Gasteiger partial charge is 0.468 e. The van der Waals surface area contributed by atoms with Gasteiger partial charge in [-0.25, -0.2) is 12.7 Å². The maximum atomic E-state index is 11.9. The van der Waals surface area contributed by atoms with E-state index in [1.807, 2.05) is 0 Å². The van der Waals surface area contributed by atoms with Crippen LogP contribution in [0.5, 0.6) is 0 Å². The van der Waals surface area contributed by atoms with Crippen LogP contribution in [0.1, 0.15) is 25.7 Å². The van der Waals surface area contributed by atoms with E-state index in [0.717, 1.165) is 25.3 Å². The van der Waals surface area contributed by atoms with Crippen molar-refractivity contribution in [3.8, 4) is 0 Å². The van der Waals surface area contributed by atoms with Crippen molar-refractivity contribution in [2.75, 3.05) is 32.5 Å². The van der Waals surface area contributed by atoms with Crippen LogP contribution < -0.4 is 5.32 Å². The quantitative estimate of drug-likeness (QED) is 0.694. The first kappa shape index (κ1) is 14.7. The summed E-state index contributed by atoms with van der Waals surface area (Å²) in [5.41, 5.74) is 0. The Morgan fingerprint density at radius 2 is 1.89 bits per heavy atom. The summed E-state index contributed by atoms with van der Waals surface area (Å²) in [7, 11) is -2.31. The molecule has 1 heterocycles. The van der Waals surface area contributed by atoms with Gasteiger partial charge in [-0.1, -0.05) is 0 Å². The number of esters is 1. The van der Waals surface area contributed by atoms with E-state index in [2.05, 4.69) is 10.1 Å². The van der Waals surface area contributed by atoms with Gasteiger partial charge in [0.25, 0.3) is 0 Å². The molecule has 0 aromatic rings. The van der Waals surface area contributed by atoms with Crippen LogP contribution in [0.4, 0.5) is 0 Å². The van der Waals surface area contributed by atoms with E-state index >= 15 is 0 Å². The van der Waals surface area contributed by atoms with Gasteiger partial charge in [0.15, 0.2) is 5.75 Å². The van der Waals surface area contributed by atoms with Crippen LogP contribution in [0.25, 0.3) is 0 Å². The van der Waals surface area contributed by atoms with Crippen molar-refractivity contribution in [2.45, 2.75) is 31.7 Å². The van der Waals surface area contributed by atoms with Crippen LogP contribution in [-0.2, 0) is 19.6 Å². The number of hydrogen-bond donors (Lipinski definition) is 1. The normalized spacial score (nSPS) is 22.4. The molecule has 6 nitrogen and oxygen atoms in total. The summed E-state index contributed by atoms with van der Waals surface area (Å²) in [4.78, 5) is 11.1. The van der Waals surface area contributed by atoms with Gasteiger partial charge in [-0.2, -0.15) is 0 Å². The van der Waals surface area contributed by atoms with Crippen molar-refractivity contribution in [2.24, 2.45) is 5.92 Å². The second kappa shape index (κ2) is 6.19. The van der Waals surface area contributed by atoms with Crippen LogP contribution in [0.3, 0.4) is 0 Å². The van der Waals surface area contributed by atoms with E-state index in [1.54, 1.807) is 0 Å².